The van der Waals surface area contributed by atoms with Crippen LogP contribution in [-0.2, 0) is 10.0 Å². The van der Waals surface area contributed by atoms with Crippen molar-refractivity contribution < 1.29 is 13.5 Å². The monoisotopic (exact) mass is 370 g/mol. The molecule has 1 heterocycles. The van der Waals surface area contributed by atoms with Crippen molar-refractivity contribution in [3.05, 3.63) is 29.8 Å². The first-order chi connectivity index (χ1) is 11.2. The molecule has 0 bridgehead atoms. The highest BCUT2D eigenvalue weighted by atomic mass is 32.2. The number of benzene rings is 1. The minimum absolute atomic E-state index is 0.0117. The van der Waals surface area contributed by atoms with Gasteiger partial charge < -0.3 is 10.8 Å². The second-order valence-corrected chi connectivity index (χ2v) is 10.8. The third-order valence-corrected chi connectivity index (χ3v) is 6.39. The van der Waals surface area contributed by atoms with Crippen LogP contribution in [0.1, 0.15) is 47.1 Å². The van der Waals surface area contributed by atoms with Crippen LogP contribution in [0.15, 0.2) is 29.2 Å². The predicted octanol–water partition coefficient (Wildman–Crippen LogP) is 2.77. The molecule has 3 N–H and O–H groups in total. The fraction of sp³-hybridized carbons (Fsp3) is 0.684. The third-order valence-electron chi connectivity index (χ3n) is 4.50. The molecule has 1 aromatic rings. The molecule has 2 rings (SSSR count). The van der Waals surface area contributed by atoms with Crippen LogP contribution in [0.5, 0.6) is 0 Å². The quantitative estimate of drug-likeness (QED) is 0.802. The normalized spacial score (nSPS) is 22.0. The van der Waals surface area contributed by atoms with Crippen LogP contribution in [0.25, 0.3) is 0 Å². The molecule has 1 unspecified atom stereocenters. The molecule has 1 aliphatic heterocycles. The van der Waals surface area contributed by atoms with Crippen molar-refractivity contribution >= 4 is 10.0 Å². The summed E-state index contributed by atoms with van der Waals surface area (Å²) in [7, 11) is -3.28. The highest BCUT2D eigenvalue weighted by Crippen LogP contribution is 2.39. The Hall–Kier alpha value is -0.950. The van der Waals surface area contributed by atoms with Gasteiger partial charge in [-0.3, -0.25) is 0 Å². The summed E-state index contributed by atoms with van der Waals surface area (Å²) in [5, 5.41) is 8.55. The van der Waals surface area contributed by atoms with Crippen LogP contribution in [0.2, 0.25) is 0 Å². The Balaban J connectivity index is 0.000000333. The van der Waals surface area contributed by atoms with Crippen LogP contribution in [-0.4, -0.2) is 43.1 Å². The molecule has 1 saturated heterocycles. The molecule has 1 aromatic carbocycles. The summed E-state index contributed by atoms with van der Waals surface area (Å²) in [5.74, 6) is 0. The van der Waals surface area contributed by atoms with E-state index in [-0.39, 0.29) is 29.5 Å². The Kier molecular flexibility index (Phi) is 6.84. The number of sulfonamides is 1. The Labute approximate surface area is 153 Å². The predicted molar refractivity (Wildman–Crippen MR) is 103 cm³/mol. The zero-order chi connectivity index (χ0) is 19.6. The van der Waals surface area contributed by atoms with E-state index in [4.69, 9.17) is 10.8 Å². The number of hydrogen-bond donors (Lipinski definition) is 2. The molecular weight excluding hydrogens is 336 g/mol. The van der Waals surface area contributed by atoms with Gasteiger partial charge in [0.2, 0.25) is 10.0 Å². The van der Waals surface area contributed by atoms with Crippen molar-refractivity contribution in [2.45, 2.75) is 65.4 Å². The van der Waals surface area contributed by atoms with Gasteiger partial charge >= 0.3 is 0 Å². The number of rotatable bonds is 3. The molecule has 0 radical (unpaired) electrons. The number of aliphatic hydroxyl groups excluding tert-OH is 1. The summed E-state index contributed by atoms with van der Waals surface area (Å²) in [6.07, 6.45) is 0. The van der Waals surface area contributed by atoms with Crippen LogP contribution < -0.4 is 5.73 Å². The van der Waals surface area contributed by atoms with E-state index in [1.807, 2.05) is 39.8 Å². The zero-order valence-corrected chi connectivity index (χ0v) is 17.4. The summed E-state index contributed by atoms with van der Waals surface area (Å²) in [5.41, 5.74) is 6.62. The van der Waals surface area contributed by atoms with Gasteiger partial charge in [-0.2, -0.15) is 4.31 Å². The number of nitrogens with two attached hydrogens (primary N) is 1. The third kappa shape index (κ3) is 6.06. The molecule has 5 nitrogen and oxygen atoms in total. The number of hydrogen-bond acceptors (Lipinski definition) is 4. The molecule has 1 fully saturated rings. The molecule has 0 aromatic heterocycles. The molecule has 1 aliphatic rings. The fourth-order valence-electron chi connectivity index (χ4n) is 2.21. The molecule has 0 saturated carbocycles. The van der Waals surface area contributed by atoms with E-state index in [9.17, 15) is 8.42 Å². The number of nitrogens with zero attached hydrogens (tertiary/aromatic N) is 1. The van der Waals surface area contributed by atoms with Gasteiger partial charge in [-0.1, -0.05) is 59.2 Å². The second kappa shape index (κ2) is 7.74. The zero-order valence-electron chi connectivity index (χ0n) is 16.6. The number of aryl methyl sites for hydroxylation is 1. The average Bonchev–Trinajstić information content (AvgIpc) is 3.27. The van der Waals surface area contributed by atoms with Crippen LogP contribution in [0.3, 0.4) is 0 Å². The molecule has 25 heavy (non-hydrogen) atoms. The topological polar surface area (TPSA) is 83.4 Å². The smallest absolute Gasteiger partial charge is 0.243 e. The van der Waals surface area contributed by atoms with E-state index < -0.39 is 10.0 Å². The molecule has 3 atom stereocenters. The minimum Gasteiger partial charge on any atom is -0.395 e. The fourth-order valence-corrected chi connectivity index (χ4v) is 3.95. The van der Waals surface area contributed by atoms with Gasteiger partial charge in [-0.15, -0.1) is 0 Å². The van der Waals surface area contributed by atoms with E-state index in [1.165, 1.54) is 0 Å². The van der Waals surface area contributed by atoms with Gasteiger partial charge in [-0.25, -0.2) is 8.42 Å². The van der Waals surface area contributed by atoms with Crippen molar-refractivity contribution in [2.75, 3.05) is 13.2 Å². The first kappa shape index (κ1) is 22.1. The van der Waals surface area contributed by atoms with Gasteiger partial charge in [0.15, 0.2) is 0 Å². The highest BCUT2D eigenvalue weighted by molar-refractivity contribution is 7.89. The summed E-state index contributed by atoms with van der Waals surface area (Å²) < 4.78 is 26.2. The largest absolute Gasteiger partial charge is 0.395 e. The molecular formula is C19H34N2O3S. The summed E-state index contributed by atoms with van der Waals surface area (Å²) >= 11 is 0. The van der Waals surface area contributed by atoms with E-state index in [1.54, 1.807) is 16.4 Å². The second-order valence-electron chi connectivity index (χ2n) is 8.92. The molecule has 0 spiro atoms. The SMILES string of the molecule is CC(C)(C)[C@@H](N)CO.Cc1ccc(S(=O)(=O)N2C[C@H]2C(C)(C)C)cc1. The maximum atomic E-state index is 12.3. The molecule has 0 aliphatic carbocycles. The van der Waals surface area contributed by atoms with E-state index in [2.05, 4.69) is 20.8 Å². The Morgan fingerprint density at radius 3 is 1.92 bits per heavy atom. The van der Waals surface area contributed by atoms with Gasteiger partial charge in [0.25, 0.3) is 0 Å². The van der Waals surface area contributed by atoms with Crippen molar-refractivity contribution in [2.24, 2.45) is 16.6 Å². The standard InChI is InChI=1S/C13H19NO2S.C6H15NO/c1-10-5-7-11(8-6-10)17(15,16)14-9-12(14)13(2,3)4;1-6(2,3)5(7)4-8/h5-8,12H,9H2,1-4H3;5,8H,4,7H2,1-3H3/t12-,14?;5-/m00/s1. The first-order valence-electron chi connectivity index (χ1n) is 8.66. The van der Waals surface area contributed by atoms with Gasteiger partial charge in [0.1, 0.15) is 0 Å². The van der Waals surface area contributed by atoms with Crippen LogP contribution >= 0.6 is 0 Å². The van der Waals surface area contributed by atoms with Crippen molar-refractivity contribution in [1.29, 1.82) is 0 Å². The van der Waals surface area contributed by atoms with Crippen molar-refractivity contribution in [3.8, 4) is 0 Å². The van der Waals surface area contributed by atoms with E-state index in [0.717, 1.165) is 5.56 Å². The lowest BCUT2D eigenvalue weighted by atomic mass is 9.88. The van der Waals surface area contributed by atoms with Gasteiger partial charge in [0.05, 0.1) is 11.5 Å². The number of aliphatic hydroxyl groups is 1. The first-order valence-corrected chi connectivity index (χ1v) is 10.1. The Bertz CT molecular complexity index is 655. The van der Waals surface area contributed by atoms with Crippen molar-refractivity contribution in [1.82, 2.24) is 4.31 Å². The average molecular weight is 371 g/mol. The lowest BCUT2D eigenvalue weighted by Gasteiger charge is -2.24. The summed E-state index contributed by atoms with van der Waals surface area (Å²) in [6, 6.07) is 7.08. The Morgan fingerprint density at radius 1 is 1.16 bits per heavy atom. The summed E-state index contributed by atoms with van der Waals surface area (Å²) in [4.78, 5) is 0.398. The van der Waals surface area contributed by atoms with Gasteiger partial charge in [0, 0.05) is 18.6 Å². The molecule has 6 heteroatoms. The molecule has 144 valence electrons. The van der Waals surface area contributed by atoms with Crippen LogP contribution in [0, 0.1) is 17.8 Å². The lowest BCUT2D eigenvalue weighted by Crippen LogP contribution is -2.37. The van der Waals surface area contributed by atoms with E-state index >= 15 is 0 Å². The van der Waals surface area contributed by atoms with Crippen LogP contribution in [0.4, 0.5) is 0 Å². The molecule has 0 amide bonds. The summed E-state index contributed by atoms with van der Waals surface area (Å²) in [6.45, 7) is 14.9. The van der Waals surface area contributed by atoms with Gasteiger partial charge in [-0.05, 0) is 29.9 Å². The Morgan fingerprint density at radius 2 is 1.64 bits per heavy atom. The minimum atomic E-state index is -3.28. The maximum absolute atomic E-state index is 12.3. The maximum Gasteiger partial charge on any atom is 0.243 e. The lowest BCUT2D eigenvalue weighted by molar-refractivity contribution is 0.189. The highest BCUT2D eigenvalue weighted by Gasteiger charge is 2.50. The van der Waals surface area contributed by atoms with E-state index in [0.29, 0.717) is 11.4 Å². The van der Waals surface area contributed by atoms with Crippen molar-refractivity contribution in [3.63, 3.8) is 0 Å².